The Labute approximate surface area is 202 Å². The van der Waals surface area contributed by atoms with Crippen LogP contribution in [0.4, 0.5) is 10.1 Å². The minimum atomic E-state index is -0.940. The highest BCUT2D eigenvalue weighted by atomic mass is 19.1. The van der Waals surface area contributed by atoms with Gasteiger partial charge in [0.1, 0.15) is 11.9 Å². The Morgan fingerprint density at radius 2 is 1.74 bits per heavy atom. The van der Waals surface area contributed by atoms with Gasteiger partial charge in [-0.1, -0.05) is 36.4 Å². The fraction of sp³-hybridized carbons (Fsp3) is 0.179. The highest BCUT2D eigenvalue weighted by molar-refractivity contribution is 6.23. The smallest absolute Gasteiger partial charge is 0.257 e. The van der Waals surface area contributed by atoms with Crippen LogP contribution in [-0.2, 0) is 16.0 Å². The van der Waals surface area contributed by atoms with Crippen LogP contribution in [0.1, 0.15) is 27.9 Å². The van der Waals surface area contributed by atoms with Crippen LogP contribution in [-0.4, -0.2) is 40.2 Å². The molecule has 0 saturated carbocycles. The first kappa shape index (κ1) is 22.5. The average molecular weight is 470 g/mol. The van der Waals surface area contributed by atoms with E-state index in [4.69, 9.17) is 0 Å². The molecule has 4 aromatic rings. The van der Waals surface area contributed by atoms with Crippen molar-refractivity contribution in [2.75, 3.05) is 11.4 Å². The number of nitrogens with one attached hydrogen (secondary N) is 1. The molecular weight excluding hydrogens is 445 g/mol. The fourth-order valence-corrected chi connectivity index (χ4v) is 4.67. The maximum absolute atomic E-state index is 13.7. The minimum absolute atomic E-state index is 0.123. The summed E-state index contributed by atoms with van der Waals surface area (Å²) in [5, 5.41) is 1.05. The molecule has 3 amide bonds. The number of hydrogen-bond acceptors (Lipinski definition) is 3. The van der Waals surface area contributed by atoms with Gasteiger partial charge >= 0.3 is 0 Å². The number of hydrogen-bond donors (Lipinski definition) is 1. The summed E-state index contributed by atoms with van der Waals surface area (Å²) in [5.74, 6) is -1.65. The van der Waals surface area contributed by atoms with E-state index >= 15 is 0 Å². The maximum atomic E-state index is 13.7. The molecule has 0 spiro atoms. The van der Waals surface area contributed by atoms with Gasteiger partial charge in [0, 0.05) is 29.2 Å². The fourth-order valence-electron chi connectivity index (χ4n) is 4.67. The lowest BCUT2D eigenvalue weighted by Gasteiger charge is -2.28. The first-order valence-corrected chi connectivity index (χ1v) is 11.5. The summed E-state index contributed by atoms with van der Waals surface area (Å²) in [4.78, 5) is 45.8. The predicted molar refractivity (Wildman–Crippen MR) is 132 cm³/mol. The van der Waals surface area contributed by atoms with Gasteiger partial charge in [-0.2, -0.15) is 0 Å². The van der Waals surface area contributed by atoms with Crippen molar-refractivity contribution >= 4 is 34.3 Å². The van der Waals surface area contributed by atoms with Gasteiger partial charge in [-0.15, -0.1) is 0 Å². The first-order chi connectivity index (χ1) is 16.9. The minimum Gasteiger partial charge on any atom is -0.361 e. The van der Waals surface area contributed by atoms with Gasteiger partial charge in [-0.3, -0.25) is 14.4 Å². The Kier molecular flexibility index (Phi) is 5.91. The molecule has 6 nitrogen and oxygen atoms in total. The molecule has 1 unspecified atom stereocenters. The van der Waals surface area contributed by atoms with Crippen molar-refractivity contribution in [3.63, 3.8) is 0 Å². The van der Waals surface area contributed by atoms with Gasteiger partial charge in [-0.25, -0.2) is 9.29 Å². The number of H-pyrrole nitrogens is 1. The number of halogens is 1. The van der Waals surface area contributed by atoms with Crippen LogP contribution >= 0.6 is 0 Å². The molecule has 7 heteroatoms. The van der Waals surface area contributed by atoms with Gasteiger partial charge in [-0.05, 0) is 60.9 Å². The largest absolute Gasteiger partial charge is 0.361 e. The lowest BCUT2D eigenvalue weighted by molar-refractivity contribution is -0.122. The van der Waals surface area contributed by atoms with Crippen LogP contribution in [0.2, 0.25) is 0 Å². The van der Waals surface area contributed by atoms with Crippen molar-refractivity contribution in [2.24, 2.45) is 0 Å². The number of imide groups is 1. The molecule has 35 heavy (non-hydrogen) atoms. The number of aromatic amines is 1. The van der Waals surface area contributed by atoms with E-state index in [2.05, 4.69) is 4.98 Å². The molecule has 0 bridgehead atoms. The Morgan fingerprint density at radius 3 is 2.51 bits per heavy atom. The second kappa shape index (κ2) is 9.18. The molecule has 1 aliphatic rings. The molecule has 5 rings (SSSR count). The van der Waals surface area contributed by atoms with E-state index in [1.807, 2.05) is 49.5 Å². The maximum Gasteiger partial charge on any atom is 0.257 e. The third-order valence-electron chi connectivity index (χ3n) is 6.52. The van der Waals surface area contributed by atoms with Gasteiger partial charge < -0.3 is 9.88 Å². The summed E-state index contributed by atoms with van der Waals surface area (Å²) >= 11 is 0. The van der Waals surface area contributed by atoms with Gasteiger partial charge in [0.15, 0.2) is 0 Å². The standard InChI is InChI=1S/C28H24FN3O3/c1-18-6-2-3-7-22(18)27(34)31(15-14-19-17-30-24-9-5-4-8-23(19)24)25-16-26(33)32(28(25)35)21-12-10-20(29)11-13-21/h2-13,17,25,30H,14-16H2,1H3. The second-order valence-corrected chi connectivity index (χ2v) is 8.69. The SMILES string of the molecule is Cc1ccccc1C(=O)N(CCc1c[nH]c2ccccc12)C1CC(=O)N(c2ccc(F)cc2)C1=O. The number of para-hydroxylation sites is 1. The van der Waals surface area contributed by atoms with Crippen LogP contribution in [0, 0.1) is 12.7 Å². The molecule has 1 atom stereocenters. The number of nitrogens with zero attached hydrogens (tertiary/aromatic N) is 2. The molecule has 1 N–H and O–H groups in total. The van der Waals surface area contributed by atoms with E-state index in [1.165, 1.54) is 29.2 Å². The van der Waals surface area contributed by atoms with E-state index < -0.39 is 23.7 Å². The van der Waals surface area contributed by atoms with Crippen LogP contribution in [0.3, 0.4) is 0 Å². The van der Waals surface area contributed by atoms with E-state index in [0.717, 1.165) is 26.9 Å². The highest BCUT2D eigenvalue weighted by Crippen LogP contribution is 2.28. The molecule has 1 aliphatic heterocycles. The monoisotopic (exact) mass is 469 g/mol. The zero-order valence-electron chi connectivity index (χ0n) is 19.2. The number of benzene rings is 3. The van der Waals surface area contributed by atoms with Crippen LogP contribution in [0.25, 0.3) is 10.9 Å². The number of aromatic nitrogens is 1. The predicted octanol–water partition coefficient (Wildman–Crippen LogP) is 4.63. The summed E-state index contributed by atoms with van der Waals surface area (Å²) in [7, 11) is 0. The number of rotatable bonds is 6. The van der Waals surface area contributed by atoms with E-state index in [0.29, 0.717) is 17.7 Å². The molecule has 3 aromatic carbocycles. The molecule has 1 fully saturated rings. The van der Waals surface area contributed by atoms with Gasteiger partial charge in [0.25, 0.3) is 11.8 Å². The molecule has 176 valence electrons. The molecular formula is C28H24FN3O3. The topological polar surface area (TPSA) is 73.5 Å². The number of aryl methyl sites for hydroxylation is 1. The molecule has 2 heterocycles. The van der Waals surface area contributed by atoms with Crippen molar-refractivity contribution in [3.05, 3.63) is 102 Å². The van der Waals surface area contributed by atoms with E-state index in [1.54, 1.807) is 12.1 Å². The molecule has 1 saturated heterocycles. The van der Waals surface area contributed by atoms with Crippen LogP contribution in [0.5, 0.6) is 0 Å². The van der Waals surface area contributed by atoms with Crippen LogP contribution in [0.15, 0.2) is 79.0 Å². The van der Waals surface area contributed by atoms with E-state index in [-0.39, 0.29) is 18.9 Å². The van der Waals surface area contributed by atoms with Crippen molar-refractivity contribution in [1.29, 1.82) is 0 Å². The Balaban J connectivity index is 1.47. The summed E-state index contributed by atoms with van der Waals surface area (Å²) < 4.78 is 13.4. The quantitative estimate of drug-likeness (QED) is 0.419. The third-order valence-corrected chi connectivity index (χ3v) is 6.52. The van der Waals surface area contributed by atoms with Crippen molar-refractivity contribution in [3.8, 4) is 0 Å². The van der Waals surface area contributed by atoms with Crippen molar-refractivity contribution in [1.82, 2.24) is 9.88 Å². The number of anilines is 1. The molecule has 0 aliphatic carbocycles. The Morgan fingerprint density at radius 1 is 1.03 bits per heavy atom. The second-order valence-electron chi connectivity index (χ2n) is 8.69. The molecule has 0 radical (unpaired) electrons. The lowest BCUT2D eigenvalue weighted by Crippen LogP contribution is -2.46. The first-order valence-electron chi connectivity index (χ1n) is 11.5. The summed E-state index contributed by atoms with van der Waals surface area (Å²) in [6, 6.07) is 19.4. The zero-order chi connectivity index (χ0) is 24.5. The average Bonchev–Trinajstić information content (AvgIpc) is 3.40. The summed E-state index contributed by atoms with van der Waals surface area (Å²) in [5.41, 5.74) is 3.60. The Hall–Kier alpha value is -4.26. The number of amides is 3. The zero-order valence-corrected chi connectivity index (χ0v) is 19.2. The summed E-state index contributed by atoms with van der Waals surface area (Å²) in [6.07, 6.45) is 2.30. The van der Waals surface area contributed by atoms with Crippen molar-refractivity contribution in [2.45, 2.75) is 25.8 Å². The highest BCUT2D eigenvalue weighted by Gasteiger charge is 2.44. The lowest BCUT2D eigenvalue weighted by atomic mass is 10.0. The van der Waals surface area contributed by atoms with E-state index in [9.17, 15) is 18.8 Å². The number of carbonyl (C=O) groups excluding carboxylic acids is 3. The summed E-state index contributed by atoms with van der Waals surface area (Å²) in [6.45, 7) is 2.10. The normalized spacial score (nSPS) is 15.7. The third kappa shape index (κ3) is 4.21. The number of fused-ring (bicyclic) bond motifs is 1. The Bertz CT molecular complexity index is 1430. The van der Waals surface area contributed by atoms with Gasteiger partial charge in [0.2, 0.25) is 5.91 Å². The van der Waals surface area contributed by atoms with Crippen LogP contribution < -0.4 is 4.90 Å². The van der Waals surface area contributed by atoms with Crippen molar-refractivity contribution < 1.29 is 18.8 Å². The van der Waals surface area contributed by atoms with Gasteiger partial charge in [0.05, 0.1) is 12.1 Å². The number of carbonyl (C=O) groups is 3. The molecule has 1 aromatic heterocycles.